The van der Waals surface area contributed by atoms with Gasteiger partial charge in [0.05, 0.1) is 19.1 Å². The first-order chi connectivity index (χ1) is 13.2. The predicted molar refractivity (Wildman–Crippen MR) is 95.6 cm³/mol. The zero-order valence-electron chi connectivity index (χ0n) is 15.3. The Labute approximate surface area is 157 Å². The Bertz CT molecular complexity index is 773. The normalized spacial score (nSPS) is 20.0. The van der Waals surface area contributed by atoms with E-state index in [1.54, 1.807) is 12.1 Å². The van der Waals surface area contributed by atoms with Crippen molar-refractivity contribution < 1.29 is 18.4 Å². The molecule has 2 fully saturated rings. The quantitative estimate of drug-likeness (QED) is 0.746. The topological polar surface area (TPSA) is 68.5 Å². The number of piperidine rings is 1. The van der Waals surface area contributed by atoms with Crippen LogP contribution in [0.3, 0.4) is 0 Å². The Morgan fingerprint density at radius 3 is 2.85 bits per heavy atom. The standard InChI is InChI=1S/C20H24FN3O3/c21-16-7-3-14(4-8-16)12-19(25)24-10-1-2-17(13-24)26-11-9-18-22-20(27-23-18)15-5-6-15/h3-4,7-8,15,17H,1-2,5-6,9-13H2. The molecule has 0 radical (unpaired) electrons. The van der Waals surface area contributed by atoms with Gasteiger partial charge in [-0.2, -0.15) is 4.98 Å². The van der Waals surface area contributed by atoms with Gasteiger partial charge in [0.2, 0.25) is 11.8 Å². The van der Waals surface area contributed by atoms with Crippen LogP contribution in [0.15, 0.2) is 28.8 Å². The molecule has 2 aromatic rings. The summed E-state index contributed by atoms with van der Waals surface area (Å²) >= 11 is 0. The molecule has 144 valence electrons. The minimum Gasteiger partial charge on any atom is -0.376 e. The lowest BCUT2D eigenvalue weighted by Gasteiger charge is -2.32. The van der Waals surface area contributed by atoms with Gasteiger partial charge in [-0.1, -0.05) is 17.3 Å². The third-order valence-electron chi connectivity index (χ3n) is 5.09. The third-order valence-corrected chi connectivity index (χ3v) is 5.09. The molecule has 7 heteroatoms. The predicted octanol–water partition coefficient (Wildman–Crippen LogP) is 2.88. The number of amides is 1. The third kappa shape index (κ3) is 4.91. The van der Waals surface area contributed by atoms with Crippen molar-refractivity contribution in [2.45, 2.75) is 50.5 Å². The maximum absolute atomic E-state index is 13.0. The highest BCUT2D eigenvalue weighted by molar-refractivity contribution is 5.78. The molecule has 1 atom stereocenters. The zero-order valence-corrected chi connectivity index (χ0v) is 15.3. The SMILES string of the molecule is O=C(Cc1ccc(F)cc1)N1CCCC(OCCc2noc(C3CC3)n2)C1. The largest absolute Gasteiger partial charge is 0.376 e. The van der Waals surface area contributed by atoms with Crippen molar-refractivity contribution in [3.63, 3.8) is 0 Å². The van der Waals surface area contributed by atoms with E-state index in [-0.39, 0.29) is 17.8 Å². The lowest BCUT2D eigenvalue weighted by atomic mass is 10.1. The van der Waals surface area contributed by atoms with Crippen LogP contribution in [-0.4, -0.2) is 46.7 Å². The molecular weight excluding hydrogens is 349 g/mol. The van der Waals surface area contributed by atoms with E-state index in [0.29, 0.717) is 37.7 Å². The number of benzene rings is 1. The monoisotopic (exact) mass is 373 g/mol. The molecular formula is C20H24FN3O3. The van der Waals surface area contributed by atoms with E-state index in [1.165, 1.54) is 12.1 Å². The van der Waals surface area contributed by atoms with Crippen LogP contribution in [0.2, 0.25) is 0 Å². The fourth-order valence-electron chi connectivity index (χ4n) is 3.37. The van der Waals surface area contributed by atoms with Gasteiger partial charge in [0, 0.05) is 25.4 Å². The fourth-order valence-corrected chi connectivity index (χ4v) is 3.37. The second-order valence-corrected chi connectivity index (χ2v) is 7.35. The summed E-state index contributed by atoms with van der Waals surface area (Å²) in [6, 6.07) is 6.09. The molecule has 1 aromatic heterocycles. The van der Waals surface area contributed by atoms with Gasteiger partial charge in [-0.3, -0.25) is 4.79 Å². The molecule has 2 heterocycles. The first-order valence-corrected chi connectivity index (χ1v) is 9.63. The number of ether oxygens (including phenoxy) is 1. The summed E-state index contributed by atoms with van der Waals surface area (Å²) in [6.45, 7) is 1.86. The molecule has 6 nitrogen and oxygen atoms in total. The second-order valence-electron chi connectivity index (χ2n) is 7.35. The Balaban J connectivity index is 1.22. The highest BCUT2D eigenvalue weighted by Crippen LogP contribution is 2.38. The van der Waals surface area contributed by atoms with Crippen LogP contribution in [0, 0.1) is 5.82 Å². The molecule has 1 aromatic carbocycles. The number of hydrogen-bond donors (Lipinski definition) is 0. The Hall–Kier alpha value is -2.28. The summed E-state index contributed by atoms with van der Waals surface area (Å²) in [5, 5.41) is 4.00. The molecule has 1 aliphatic carbocycles. The number of rotatable bonds is 7. The van der Waals surface area contributed by atoms with Crippen LogP contribution in [-0.2, 0) is 22.4 Å². The van der Waals surface area contributed by atoms with Crippen molar-refractivity contribution in [3.05, 3.63) is 47.4 Å². The summed E-state index contributed by atoms with van der Waals surface area (Å²) in [4.78, 5) is 18.8. The number of aromatic nitrogens is 2. The molecule has 1 unspecified atom stereocenters. The van der Waals surface area contributed by atoms with E-state index >= 15 is 0 Å². The van der Waals surface area contributed by atoms with Crippen LogP contribution >= 0.6 is 0 Å². The zero-order chi connectivity index (χ0) is 18.6. The van der Waals surface area contributed by atoms with Gasteiger partial charge < -0.3 is 14.2 Å². The molecule has 0 bridgehead atoms. The molecule has 1 saturated heterocycles. The summed E-state index contributed by atoms with van der Waals surface area (Å²) in [7, 11) is 0. The minimum atomic E-state index is -0.288. The number of carbonyl (C=O) groups is 1. The number of nitrogens with zero attached hydrogens (tertiary/aromatic N) is 3. The van der Waals surface area contributed by atoms with Crippen molar-refractivity contribution in [2.75, 3.05) is 19.7 Å². The van der Waals surface area contributed by atoms with E-state index in [4.69, 9.17) is 9.26 Å². The van der Waals surface area contributed by atoms with E-state index in [1.807, 2.05) is 4.90 Å². The van der Waals surface area contributed by atoms with E-state index in [2.05, 4.69) is 10.1 Å². The van der Waals surface area contributed by atoms with Gasteiger partial charge in [-0.25, -0.2) is 4.39 Å². The second kappa shape index (κ2) is 8.17. The van der Waals surface area contributed by atoms with E-state index in [9.17, 15) is 9.18 Å². The van der Waals surface area contributed by atoms with Gasteiger partial charge in [0.1, 0.15) is 5.82 Å². The van der Waals surface area contributed by atoms with E-state index in [0.717, 1.165) is 43.7 Å². The van der Waals surface area contributed by atoms with Crippen LogP contribution < -0.4 is 0 Å². The highest BCUT2D eigenvalue weighted by atomic mass is 19.1. The molecule has 1 amide bonds. The van der Waals surface area contributed by atoms with Crippen LogP contribution in [0.1, 0.15) is 48.9 Å². The number of carbonyl (C=O) groups excluding carboxylic acids is 1. The van der Waals surface area contributed by atoms with Crippen LogP contribution in [0.4, 0.5) is 4.39 Å². The Morgan fingerprint density at radius 2 is 2.07 bits per heavy atom. The Morgan fingerprint density at radius 1 is 1.26 bits per heavy atom. The number of hydrogen-bond acceptors (Lipinski definition) is 5. The summed E-state index contributed by atoms with van der Waals surface area (Å²) in [5.41, 5.74) is 0.827. The Kier molecular flexibility index (Phi) is 5.48. The summed E-state index contributed by atoms with van der Waals surface area (Å²) in [5.74, 6) is 1.68. The average molecular weight is 373 g/mol. The maximum atomic E-state index is 13.0. The molecule has 0 N–H and O–H groups in total. The maximum Gasteiger partial charge on any atom is 0.229 e. The smallest absolute Gasteiger partial charge is 0.229 e. The minimum absolute atomic E-state index is 0.0331. The molecule has 2 aliphatic rings. The van der Waals surface area contributed by atoms with Crippen molar-refractivity contribution in [1.82, 2.24) is 15.0 Å². The van der Waals surface area contributed by atoms with Gasteiger partial charge in [-0.05, 0) is 43.4 Å². The van der Waals surface area contributed by atoms with Gasteiger partial charge in [-0.15, -0.1) is 0 Å². The first kappa shape index (κ1) is 18.1. The number of halogens is 1. The van der Waals surface area contributed by atoms with E-state index < -0.39 is 0 Å². The summed E-state index contributed by atoms with van der Waals surface area (Å²) < 4.78 is 24.2. The summed E-state index contributed by atoms with van der Waals surface area (Å²) in [6.07, 6.45) is 5.10. The first-order valence-electron chi connectivity index (χ1n) is 9.63. The fraction of sp³-hybridized carbons (Fsp3) is 0.550. The lowest BCUT2D eigenvalue weighted by Crippen LogP contribution is -2.44. The molecule has 1 saturated carbocycles. The van der Waals surface area contributed by atoms with Gasteiger partial charge in [0.15, 0.2) is 5.82 Å². The van der Waals surface area contributed by atoms with Crippen molar-refractivity contribution >= 4 is 5.91 Å². The van der Waals surface area contributed by atoms with Crippen molar-refractivity contribution in [2.24, 2.45) is 0 Å². The van der Waals surface area contributed by atoms with Crippen LogP contribution in [0.25, 0.3) is 0 Å². The molecule has 1 aliphatic heterocycles. The van der Waals surface area contributed by atoms with Gasteiger partial charge >= 0.3 is 0 Å². The average Bonchev–Trinajstić information content (AvgIpc) is 3.43. The highest BCUT2D eigenvalue weighted by Gasteiger charge is 2.29. The van der Waals surface area contributed by atoms with Crippen LogP contribution in [0.5, 0.6) is 0 Å². The lowest BCUT2D eigenvalue weighted by molar-refractivity contribution is -0.134. The number of likely N-dealkylation sites (tertiary alicyclic amines) is 1. The molecule has 0 spiro atoms. The molecule has 27 heavy (non-hydrogen) atoms. The van der Waals surface area contributed by atoms with Crippen molar-refractivity contribution in [1.29, 1.82) is 0 Å². The van der Waals surface area contributed by atoms with Gasteiger partial charge in [0.25, 0.3) is 0 Å². The molecule has 4 rings (SSSR count). The van der Waals surface area contributed by atoms with Crippen molar-refractivity contribution in [3.8, 4) is 0 Å².